The van der Waals surface area contributed by atoms with Crippen molar-refractivity contribution in [1.29, 1.82) is 0 Å². The van der Waals surface area contributed by atoms with Gasteiger partial charge in [-0.05, 0) is 29.4 Å². The van der Waals surface area contributed by atoms with Gasteiger partial charge in [0.2, 0.25) is 5.85 Å². The lowest BCUT2D eigenvalue weighted by atomic mass is 9.99. The highest BCUT2D eigenvalue weighted by Gasteiger charge is 2.55. The maximum absolute atomic E-state index is 14.6. The highest BCUT2D eigenvalue weighted by atomic mass is 35.9. The topological polar surface area (TPSA) is 111 Å². The molecule has 2 N–H and O–H groups in total. The van der Waals surface area contributed by atoms with E-state index in [9.17, 15) is 23.7 Å². The molecule has 1 aromatic rings. The van der Waals surface area contributed by atoms with Crippen LogP contribution in [0, 0.1) is 0 Å². The van der Waals surface area contributed by atoms with E-state index in [1.54, 1.807) is 0 Å². The van der Waals surface area contributed by atoms with Crippen molar-refractivity contribution in [2.45, 2.75) is 31.0 Å². The summed E-state index contributed by atoms with van der Waals surface area (Å²) in [6, 6.07) is 1.02. The lowest BCUT2D eigenvalue weighted by Gasteiger charge is -2.24. The molecule has 2 rings (SSSR count). The lowest BCUT2D eigenvalue weighted by Crippen LogP contribution is -2.40. The van der Waals surface area contributed by atoms with Crippen molar-refractivity contribution in [3.8, 4) is 0 Å². The zero-order chi connectivity index (χ0) is 16.8. The van der Waals surface area contributed by atoms with E-state index in [2.05, 4.69) is 4.52 Å². The summed E-state index contributed by atoms with van der Waals surface area (Å²) in [5, 5.41) is 10.3. The van der Waals surface area contributed by atoms with Gasteiger partial charge in [-0.2, -0.15) is 0 Å². The van der Waals surface area contributed by atoms with Gasteiger partial charge in [0.15, 0.2) is 6.23 Å². The molecule has 1 saturated heterocycles. The molecule has 1 aliphatic rings. The Balaban J connectivity index is 2.29. The lowest BCUT2D eigenvalue weighted by molar-refractivity contribution is -0.181. The van der Waals surface area contributed by atoms with Gasteiger partial charge in [0.1, 0.15) is 12.2 Å². The standard InChI is InChI=1S/C10H12Cl2FN2O6P/c1-9(18)4-10(13,5-20-22(11,12)19)21-7(9)15-3-2-6(16)14-8(15)17/h2-3,7,18H,4-5H2,1H3,(H,14,16,17). The van der Waals surface area contributed by atoms with Gasteiger partial charge in [0, 0.05) is 18.7 Å². The number of halogens is 3. The minimum Gasteiger partial charge on any atom is -0.385 e. The molecule has 2 heterocycles. The Morgan fingerprint density at radius 3 is 2.82 bits per heavy atom. The third-order valence-electron chi connectivity index (χ3n) is 3.01. The van der Waals surface area contributed by atoms with Crippen molar-refractivity contribution in [2.75, 3.05) is 6.61 Å². The first kappa shape index (κ1) is 17.7. The van der Waals surface area contributed by atoms with Gasteiger partial charge in [-0.3, -0.25) is 18.9 Å². The molecule has 0 saturated carbocycles. The molecule has 0 bridgehead atoms. The van der Waals surface area contributed by atoms with Crippen molar-refractivity contribution in [3.05, 3.63) is 33.1 Å². The number of ether oxygens (including phenoxy) is 1. The molecule has 1 fully saturated rings. The fourth-order valence-electron chi connectivity index (χ4n) is 2.22. The van der Waals surface area contributed by atoms with Gasteiger partial charge in [-0.25, -0.2) is 9.18 Å². The summed E-state index contributed by atoms with van der Waals surface area (Å²) in [6.45, 7) is 0.333. The number of hydrogen-bond acceptors (Lipinski definition) is 6. The Morgan fingerprint density at radius 1 is 1.64 bits per heavy atom. The van der Waals surface area contributed by atoms with E-state index in [0.717, 1.165) is 16.8 Å². The molecule has 124 valence electrons. The van der Waals surface area contributed by atoms with Crippen molar-refractivity contribution in [2.24, 2.45) is 0 Å². The highest BCUT2D eigenvalue weighted by molar-refractivity contribution is 8.05. The average molecular weight is 377 g/mol. The van der Waals surface area contributed by atoms with Crippen LogP contribution in [0.5, 0.6) is 0 Å². The molecular formula is C10H12Cl2FN2O6P. The second-order valence-electron chi connectivity index (χ2n) is 5.09. The van der Waals surface area contributed by atoms with Crippen LogP contribution in [0.3, 0.4) is 0 Å². The fraction of sp³-hybridized carbons (Fsp3) is 0.600. The van der Waals surface area contributed by atoms with Gasteiger partial charge in [0.25, 0.3) is 5.56 Å². The van der Waals surface area contributed by atoms with Crippen molar-refractivity contribution >= 4 is 28.6 Å². The van der Waals surface area contributed by atoms with Crippen molar-refractivity contribution in [1.82, 2.24) is 9.55 Å². The molecule has 0 aromatic carbocycles. The fourth-order valence-corrected chi connectivity index (χ4v) is 2.85. The van der Waals surface area contributed by atoms with E-state index in [0.29, 0.717) is 0 Å². The van der Waals surface area contributed by atoms with Crippen LogP contribution in [-0.2, 0) is 13.8 Å². The first-order valence-corrected chi connectivity index (χ1v) is 9.40. The van der Waals surface area contributed by atoms with Gasteiger partial charge in [0.05, 0.1) is 0 Å². The molecule has 12 heteroatoms. The Hall–Kier alpha value is -0.700. The summed E-state index contributed by atoms with van der Waals surface area (Å²) in [5.41, 5.74) is -3.34. The summed E-state index contributed by atoms with van der Waals surface area (Å²) in [5.74, 6) is -2.57. The zero-order valence-electron chi connectivity index (χ0n) is 11.2. The molecule has 0 spiro atoms. The van der Waals surface area contributed by atoms with E-state index >= 15 is 0 Å². The van der Waals surface area contributed by atoms with Crippen LogP contribution in [0.1, 0.15) is 19.6 Å². The third-order valence-corrected chi connectivity index (χ3v) is 4.03. The summed E-state index contributed by atoms with van der Waals surface area (Å²) >= 11 is 10.3. The molecule has 0 radical (unpaired) electrons. The average Bonchev–Trinajstić information content (AvgIpc) is 2.57. The Morgan fingerprint density at radius 2 is 2.27 bits per heavy atom. The number of aliphatic hydroxyl groups is 1. The normalized spacial score (nSPS) is 32.3. The first-order valence-electron chi connectivity index (χ1n) is 5.96. The highest BCUT2D eigenvalue weighted by Crippen LogP contribution is 2.59. The van der Waals surface area contributed by atoms with E-state index in [1.807, 2.05) is 4.98 Å². The Kier molecular flexibility index (Phi) is 4.60. The van der Waals surface area contributed by atoms with Gasteiger partial charge in [-0.1, -0.05) is 0 Å². The Bertz CT molecular complexity index is 731. The molecule has 3 unspecified atom stereocenters. The quantitative estimate of drug-likeness (QED) is 0.769. The number of H-pyrrole nitrogens is 1. The minimum atomic E-state index is -3.98. The van der Waals surface area contributed by atoms with Crippen LogP contribution >= 0.6 is 28.6 Å². The van der Waals surface area contributed by atoms with Crippen LogP contribution in [0.2, 0.25) is 0 Å². The zero-order valence-corrected chi connectivity index (χ0v) is 13.6. The van der Waals surface area contributed by atoms with Crippen molar-refractivity contribution in [3.63, 3.8) is 0 Å². The molecule has 1 aromatic heterocycles. The van der Waals surface area contributed by atoms with Crippen LogP contribution in [-0.4, -0.2) is 32.7 Å². The molecule has 22 heavy (non-hydrogen) atoms. The van der Waals surface area contributed by atoms with Crippen LogP contribution in [0.25, 0.3) is 0 Å². The molecule has 0 amide bonds. The number of nitrogens with one attached hydrogen (secondary N) is 1. The van der Waals surface area contributed by atoms with Gasteiger partial charge < -0.3 is 14.4 Å². The third kappa shape index (κ3) is 3.98. The Labute approximate surface area is 132 Å². The number of nitrogens with zero attached hydrogens (tertiary/aromatic N) is 1. The second kappa shape index (κ2) is 5.74. The molecule has 0 aliphatic carbocycles. The maximum Gasteiger partial charge on any atom is 0.380 e. The monoisotopic (exact) mass is 376 g/mol. The number of aromatic nitrogens is 2. The summed E-state index contributed by atoms with van der Waals surface area (Å²) in [4.78, 5) is 24.7. The van der Waals surface area contributed by atoms with E-state index in [4.69, 9.17) is 27.2 Å². The van der Waals surface area contributed by atoms with E-state index < -0.39 is 48.0 Å². The smallest absolute Gasteiger partial charge is 0.380 e. The van der Waals surface area contributed by atoms with Crippen LogP contribution in [0.4, 0.5) is 4.39 Å². The number of aromatic amines is 1. The predicted octanol–water partition coefficient (Wildman–Crippen LogP) is 1.47. The van der Waals surface area contributed by atoms with Crippen molar-refractivity contribution < 1.29 is 23.3 Å². The van der Waals surface area contributed by atoms with E-state index in [1.165, 1.54) is 6.92 Å². The summed E-state index contributed by atoms with van der Waals surface area (Å²) < 4.78 is 35.9. The SMILES string of the molecule is CC1(O)CC(F)(COP(=O)(Cl)Cl)OC1n1ccc(=O)[nH]c1=O. The van der Waals surface area contributed by atoms with Crippen LogP contribution in [0.15, 0.2) is 21.9 Å². The number of hydrogen-bond donors (Lipinski definition) is 2. The predicted molar refractivity (Wildman–Crippen MR) is 75.8 cm³/mol. The number of alkyl halides is 1. The molecule has 8 nitrogen and oxygen atoms in total. The van der Waals surface area contributed by atoms with Gasteiger partial charge in [-0.15, -0.1) is 0 Å². The number of rotatable bonds is 4. The van der Waals surface area contributed by atoms with E-state index in [-0.39, 0.29) is 0 Å². The first-order chi connectivity index (χ1) is 9.92. The molecule has 3 atom stereocenters. The second-order valence-corrected chi connectivity index (χ2v) is 9.37. The van der Waals surface area contributed by atoms with Crippen LogP contribution < -0.4 is 11.2 Å². The summed E-state index contributed by atoms with van der Waals surface area (Å²) in [7, 11) is 0. The minimum absolute atomic E-state index is 0.593. The molecular weight excluding hydrogens is 365 g/mol. The summed E-state index contributed by atoms with van der Waals surface area (Å²) in [6.07, 6.45) is -4.96. The molecule has 1 aliphatic heterocycles. The largest absolute Gasteiger partial charge is 0.385 e. The maximum atomic E-state index is 14.6. The van der Waals surface area contributed by atoms with Gasteiger partial charge >= 0.3 is 11.8 Å².